The topological polar surface area (TPSA) is 26.3 Å². The van der Waals surface area contributed by atoms with Gasteiger partial charge in [0.15, 0.2) is 0 Å². The Balaban J connectivity index is 2.12. The minimum atomic E-state index is 0.143. The number of ether oxygens (including phenoxy) is 1. The lowest BCUT2D eigenvalue weighted by Crippen LogP contribution is -2.10. The first kappa shape index (κ1) is 13.3. The maximum Gasteiger partial charge on any atom is 0.150 e. The van der Waals surface area contributed by atoms with Gasteiger partial charge in [-0.2, -0.15) is 0 Å². The van der Waals surface area contributed by atoms with E-state index in [2.05, 4.69) is 32.9 Å². The standard InChI is InChI=1S/C17H18O2/c1-17(2,3)14-6-10-16(11-7-14)19-15-8-4-13(12-18)5-9-15/h4-12H,1-3H3. The monoisotopic (exact) mass is 254 g/mol. The van der Waals surface area contributed by atoms with E-state index in [1.807, 2.05) is 12.1 Å². The van der Waals surface area contributed by atoms with Gasteiger partial charge in [-0.1, -0.05) is 32.9 Å². The molecule has 0 unspecified atom stereocenters. The number of carbonyl (C=O) groups is 1. The van der Waals surface area contributed by atoms with E-state index < -0.39 is 0 Å². The van der Waals surface area contributed by atoms with E-state index in [0.29, 0.717) is 5.56 Å². The molecule has 19 heavy (non-hydrogen) atoms. The van der Waals surface area contributed by atoms with Gasteiger partial charge < -0.3 is 4.74 Å². The van der Waals surface area contributed by atoms with Crippen LogP contribution in [-0.4, -0.2) is 6.29 Å². The SMILES string of the molecule is CC(C)(C)c1ccc(Oc2ccc(C=O)cc2)cc1. The first-order valence-corrected chi connectivity index (χ1v) is 6.33. The fourth-order valence-electron chi connectivity index (χ4n) is 1.77. The Morgan fingerprint density at radius 3 is 1.74 bits per heavy atom. The van der Waals surface area contributed by atoms with Crippen LogP contribution in [0, 0.1) is 0 Å². The number of carbonyl (C=O) groups excluding carboxylic acids is 1. The van der Waals surface area contributed by atoms with Crippen LogP contribution >= 0.6 is 0 Å². The first-order valence-electron chi connectivity index (χ1n) is 6.33. The van der Waals surface area contributed by atoms with Crippen molar-refractivity contribution in [2.24, 2.45) is 0 Å². The normalized spacial score (nSPS) is 11.1. The second kappa shape index (κ2) is 5.27. The van der Waals surface area contributed by atoms with Crippen molar-refractivity contribution >= 4 is 6.29 Å². The highest BCUT2D eigenvalue weighted by molar-refractivity contribution is 5.74. The summed E-state index contributed by atoms with van der Waals surface area (Å²) in [4.78, 5) is 10.6. The predicted molar refractivity (Wildman–Crippen MR) is 77.0 cm³/mol. The quantitative estimate of drug-likeness (QED) is 0.749. The van der Waals surface area contributed by atoms with Crippen molar-refractivity contribution in [2.45, 2.75) is 26.2 Å². The summed E-state index contributed by atoms with van der Waals surface area (Å²) in [5.41, 5.74) is 2.07. The molecule has 0 aliphatic carbocycles. The lowest BCUT2D eigenvalue weighted by Gasteiger charge is -2.19. The summed E-state index contributed by atoms with van der Waals surface area (Å²) >= 11 is 0. The zero-order valence-corrected chi connectivity index (χ0v) is 11.5. The van der Waals surface area contributed by atoms with E-state index in [0.717, 1.165) is 17.8 Å². The average molecular weight is 254 g/mol. The third kappa shape index (κ3) is 3.44. The van der Waals surface area contributed by atoms with E-state index in [1.54, 1.807) is 24.3 Å². The Bertz CT molecular complexity index is 545. The fourth-order valence-corrected chi connectivity index (χ4v) is 1.77. The lowest BCUT2D eigenvalue weighted by molar-refractivity contribution is 0.112. The van der Waals surface area contributed by atoms with Crippen molar-refractivity contribution in [3.63, 3.8) is 0 Å². The van der Waals surface area contributed by atoms with E-state index in [9.17, 15) is 4.79 Å². The Labute approximate surface area is 114 Å². The Morgan fingerprint density at radius 1 is 0.842 bits per heavy atom. The second-order valence-electron chi connectivity index (χ2n) is 5.56. The molecule has 0 heterocycles. The van der Waals surface area contributed by atoms with Gasteiger partial charge in [-0.05, 0) is 47.4 Å². The summed E-state index contributed by atoms with van der Waals surface area (Å²) in [5.74, 6) is 1.53. The van der Waals surface area contributed by atoms with Gasteiger partial charge >= 0.3 is 0 Å². The van der Waals surface area contributed by atoms with Crippen LogP contribution in [0.25, 0.3) is 0 Å². The molecule has 2 heteroatoms. The van der Waals surface area contributed by atoms with Crippen LogP contribution in [0.3, 0.4) is 0 Å². The summed E-state index contributed by atoms with van der Waals surface area (Å²) < 4.78 is 5.73. The highest BCUT2D eigenvalue weighted by Crippen LogP contribution is 2.26. The first-order chi connectivity index (χ1) is 8.99. The van der Waals surface area contributed by atoms with Crippen molar-refractivity contribution in [1.29, 1.82) is 0 Å². The molecule has 98 valence electrons. The van der Waals surface area contributed by atoms with Crippen LogP contribution < -0.4 is 4.74 Å². The van der Waals surface area contributed by atoms with Gasteiger partial charge in [-0.25, -0.2) is 0 Å². The van der Waals surface area contributed by atoms with E-state index in [1.165, 1.54) is 5.56 Å². The third-order valence-corrected chi connectivity index (χ3v) is 2.97. The molecule has 0 amide bonds. The molecule has 0 radical (unpaired) electrons. The molecule has 2 aromatic rings. The van der Waals surface area contributed by atoms with Gasteiger partial charge in [0.1, 0.15) is 17.8 Å². The maximum absolute atomic E-state index is 10.6. The molecule has 0 fully saturated rings. The molecule has 0 aromatic heterocycles. The zero-order valence-electron chi connectivity index (χ0n) is 11.5. The third-order valence-electron chi connectivity index (χ3n) is 2.97. The average Bonchev–Trinajstić information content (AvgIpc) is 2.39. The van der Waals surface area contributed by atoms with Gasteiger partial charge in [-0.15, -0.1) is 0 Å². The number of hydrogen-bond donors (Lipinski definition) is 0. The second-order valence-corrected chi connectivity index (χ2v) is 5.56. The maximum atomic E-state index is 10.6. The molecular formula is C17H18O2. The summed E-state index contributed by atoms with van der Waals surface area (Å²) in [6.45, 7) is 6.54. The van der Waals surface area contributed by atoms with Crippen LogP contribution in [-0.2, 0) is 5.41 Å². The Hall–Kier alpha value is -2.09. The number of hydrogen-bond acceptors (Lipinski definition) is 2. The van der Waals surface area contributed by atoms with Crippen molar-refractivity contribution in [3.8, 4) is 11.5 Å². The molecule has 0 spiro atoms. The van der Waals surface area contributed by atoms with Crippen LogP contribution in [0.4, 0.5) is 0 Å². The highest BCUT2D eigenvalue weighted by Gasteiger charge is 2.12. The minimum Gasteiger partial charge on any atom is -0.457 e. The van der Waals surface area contributed by atoms with E-state index >= 15 is 0 Å². The zero-order chi connectivity index (χ0) is 13.9. The smallest absolute Gasteiger partial charge is 0.150 e. The van der Waals surface area contributed by atoms with Crippen molar-refractivity contribution < 1.29 is 9.53 Å². The molecular weight excluding hydrogens is 236 g/mol. The Kier molecular flexibility index (Phi) is 3.70. The van der Waals surface area contributed by atoms with Crippen LogP contribution in [0.5, 0.6) is 11.5 Å². The van der Waals surface area contributed by atoms with Crippen molar-refractivity contribution in [2.75, 3.05) is 0 Å². The van der Waals surface area contributed by atoms with Gasteiger partial charge in [0, 0.05) is 5.56 Å². The molecule has 0 bridgehead atoms. The molecule has 0 saturated carbocycles. The molecule has 2 nitrogen and oxygen atoms in total. The van der Waals surface area contributed by atoms with Crippen molar-refractivity contribution in [3.05, 3.63) is 59.7 Å². The van der Waals surface area contributed by atoms with Crippen LogP contribution in [0.1, 0.15) is 36.7 Å². The van der Waals surface area contributed by atoms with Gasteiger partial charge in [-0.3, -0.25) is 4.79 Å². The fraction of sp³-hybridized carbons (Fsp3) is 0.235. The molecule has 0 aliphatic rings. The summed E-state index contributed by atoms with van der Waals surface area (Å²) in [7, 11) is 0. The largest absolute Gasteiger partial charge is 0.457 e. The Morgan fingerprint density at radius 2 is 1.32 bits per heavy atom. The lowest BCUT2D eigenvalue weighted by atomic mass is 9.87. The van der Waals surface area contributed by atoms with E-state index in [4.69, 9.17) is 4.74 Å². The van der Waals surface area contributed by atoms with Crippen LogP contribution in [0.15, 0.2) is 48.5 Å². The molecule has 0 saturated heterocycles. The summed E-state index contributed by atoms with van der Waals surface area (Å²) in [6, 6.07) is 15.2. The van der Waals surface area contributed by atoms with Crippen molar-refractivity contribution in [1.82, 2.24) is 0 Å². The molecule has 0 N–H and O–H groups in total. The van der Waals surface area contributed by atoms with Gasteiger partial charge in [0.2, 0.25) is 0 Å². The van der Waals surface area contributed by atoms with Gasteiger partial charge in [0.05, 0.1) is 0 Å². The van der Waals surface area contributed by atoms with E-state index in [-0.39, 0.29) is 5.41 Å². The highest BCUT2D eigenvalue weighted by atomic mass is 16.5. The summed E-state index contributed by atoms with van der Waals surface area (Å²) in [5, 5.41) is 0. The number of rotatable bonds is 3. The number of benzene rings is 2. The molecule has 2 rings (SSSR count). The van der Waals surface area contributed by atoms with Gasteiger partial charge in [0.25, 0.3) is 0 Å². The van der Waals surface area contributed by atoms with Crippen LogP contribution in [0.2, 0.25) is 0 Å². The minimum absolute atomic E-state index is 0.143. The molecule has 0 atom stereocenters. The predicted octanol–water partition coefficient (Wildman–Crippen LogP) is 4.59. The summed E-state index contributed by atoms with van der Waals surface area (Å²) in [6.07, 6.45) is 0.821. The number of aldehydes is 1. The molecule has 2 aromatic carbocycles. The molecule has 0 aliphatic heterocycles.